The second-order valence-corrected chi connectivity index (χ2v) is 2.14. The first-order valence-corrected chi connectivity index (χ1v) is 3.04. The first-order chi connectivity index (χ1) is 3.66. The molecule has 0 saturated carbocycles. The van der Waals surface area contributed by atoms with Crippen molar-refractivity contribution in [2.75, 3.05) is 0 Å². The third-order valence-corrected chi connectivity index (χ3v) is 1.06. The van der Waals surface area contributed by atoms with Gasteiger partial charge in [-0.15, -0.1) is 0 Å². The summed E-state index contributed by atoms with van der Waals surface area (Å²) in [6.07, 6.45) is -0.709. The standard InChI is InChI=1S/C5H9ClFO/c1-2-4(7)3-5(6)8/h4-5H,2-3H2,1H3. The van der Waals surface area contributed by atoms with Gasteiger partial charge in [-0.2, -0.15) is 0 Å². The van der Waals surface area contributed by atoms with E-state index < -0.39 is 11.7 Å². The molecule has 8 heavy (non-hydrogen) atoms. The molecule has 0 aromatic rings. The zero-order valence-electron chi connectivity index (χ0n) is 4.73. The number of alkyl halides is 2. The summed E-state index contributed by atoms with van der Waals surface area (Å²) in [6, 6.07) is 0. The number of halogens is 2. The second-order valence-electron chi connectivity index (χ2n) is 1.65. The average Bonchev–Trinajstić information content (AvgIpc) is 1.65. The minimum Gasteiger partial charge on any atom is -0.247 e. The topological polar surface area (TPSA) is 19.9 Å². The van der Waals surface area contributed by atoms with Gasteiger partial charge in [0.25, 0.3) is 0 Å². The molecular weight excluding hydrogens is 131 g/mol. The van der Waals surface area contributed by atoms with Crippen molar-refractivity contribution in [3.63, 3.8) is 0 Å². The van der Waals surface area contributed by atoms with Crippen molar-refractivity contribution in [2.24, 2.45) is 0 Å². The van der Waals surface area contributed by atoms with Gasteiger partial charge < -0.3 is 0 Å². The van der Waals surface area contributed by atoms with Crippen molar-refractivity contribution in [3.05, 3.63) is 0 Å². The predicted molar refractivity (Wildman–Crippen MR) is 30.1 cm³/mol. The number of rotatable bonds is 3. The molecule has 0 rings (SSSR count). The van der Waals surface area contributed by atoms with E-state index in [-0.39, 0.29) is 6.42 Å². The van der Waals surface area contributed by atoms with E-state index >= 15 is 0 Å². The van der Waals surface area contributed by atoms with Gasteiger partial charge in [0.1, 0.15) is 6.17 Å². The molecule has 49 valence electrons. The minimum atomic E-state index is -1.27. The molecule has 0 heterocycles. The fourth-order valence-electron chi connectivity index (χ4n) is 0.368. The summed E-state index contributed by atoms with van der Waals surface area (Å²) in [4.78, 5) is 0. The van der Waals surface area contributed by atoms with Gasteiger partial charge in [-0.1, -0.05) is 18.5 Å². The lowest BCUT2D eigenvalue weighted by molar-refractivity contribution is 0.119. The smallest absolute Gasteiger partial charge is 0.169 e. The molecule has 0 aromatic heterocycles. The summed E-state index contributed by atoms with van der Waals surface area (Å²) in [7, 11) is 0. The Hall–Kier alpha value is 0.180. The predicted octanol–water partition coefficient (Wildman–Crippen LogP) is 2.12. The Balaban J connectivity index is 3.10. The van der Waals surface area contributed by atoms with E-state index in [9.17, 15) is 9.50 Å². The van der Waals surface area contributed by atoms with E-state index in [1.54, 1.807) is 6.92 Å². The Kier molecular flexibility index (Phi) is 4.19. The Morgan fingerprint density at radius 3 is 2.38 bits per heavy atom. The second kappa shape index (κ2) is 4.10. The van der Waals surface area contributed by atoms with Crippen LogP contribution in [0.1, 0.15) is 19.8 Å². The first-order valence-electron chi connectivity index (χ1n) is 2.60. The van der Waals surface area contributed by atoms with Gasteiger partial charge in [0.05, 0.1) is 0 Å². The maximum absolute atomic E-state index is 12.1. The highest BCUT2D eigenvalue weighted by Gasteiger charge is 2.08. The number of hydrogen-bond acceptors (Lipinski definition) is 0. The fourth-order valence-corrected chi connectivity index (χ4v) is 0.561. The molecular formula is C5H9ClFO. The largest absolute Gasteiger partial charge is 0.247 e. The zero-order valence-corrected chi connectivity index (χ0v) is 5.49. The minimum absolute atomic E-state index is 0.0714. The van der Waals surface area contributed by atoms with E-state index in [4.69, 9.17) is 11.6 Å². The van der Waals surface area contributed by atoms with Gasteiger partial charge in [0.15, 0.2) is 5.56 Å². The van der Waals surface area contributed by atoms with E-state index in [1.807, 2.05) is 0 Å². The zero-order chi connectivity index (χ0) is 6.57. The van der Waals surface area contributed by atoms with E-state index in [2.05, 4.69) is 0 Å². The molecule has 2 atom stereocenters. The van der Waals surface area contributed by atoms with Crippen LogP contribution in [0.15, 0.2) is 0 Å². The van der Waals surface area contributed by atoms with Crippen LogP contribution in [0, 0.1) is 0 Å². The van der Waals surface area contributed by atoms with Gasteiger partial charge in [0.2, 0.25) is 0 Å². The first kappa shape index (κ1) is 8.18. The Labute approximate surface area is 53.5 Å². The van der Waals surface area contributed by atoms with Crippen molar-refractivity contribution in [1.82, 2.24) is 0 Å². The Morgan fingerprint density at radius 1 is 1.75 bits per heavy atom. The molecule has 1 nitrogen and oxygen atoms in total. The summed E-state index contributed by atoms with van der Waals surface area (Å²) in [5.74, 6) is 0. The normalized spacial score (nSPS) is 18.0. The maximum Gasteiger partial charge on any atom is 0.169 e. The molecule has 0 N–H and O–H groups in total. The Morgan fingerprint density at radius 2 is 2.25 bits per heavy atom. The SMILES string of the molecule is CCC(F)CC([O])Cl. The van der Waals surface area contributed by atoms with Crippen LogP contribution in [0.2, 0.25) is 0 Å². The third kappa shape index (κ3) is 4.34. The lowest BCUT2D eigenvalue weighted by atomic mass is 10.2. The molecule has 0 aliphatic rings. The third-order valence-electron chi connectivity index (χ3n) is 0.884. The van der Waals surface area contributed by atoms with Crippen LogP contribution in [0.4, 0.5) is 4.39 Å². The molecule has 0 spiro atoms. The average molecular weight is 140 g/mol. The highest BCUT2D eigenvalue weighted by Crippen LogP contribution is 2.08. The van der Waals surface area contributed by atoms with Gasteiger partial charge in [-0.25, -0.2) is 9.50 Å². The van der Waals surface area contributed by atoms with E-state index in [0.717, 1.165) is 0 Å². The van der Waals surface area contributed by atoms with E-state index in [1.165, 1.54) is 0 Å². The molecule has 1 radical (unpaired) electrons. The van der Waals surface area contributed by atoms with Crippen LogP contribution in [-0.2, 0) is 5.11 Å². The highest BCUT2D eigenvalue weighted by atomic mass is 35.5. The summed E-state index contributed by atoms with van der Waals surface area (Å²) < 4.78 is 12.1. The lowest BCUT2D eigenvalue weighted by Crippen LogP contribution is -2.05. The van der Waals surface area contributed by atoms with Crippen molar-refractivity contribution in [3.8, 4) is 0 Å². The monoisotopic (exact) mass is 139 g/mol. The summed E-state index contributed by atoms with van der Waals surface area (Å²) in [5.41, 5.74) is -1.27. The van der Waals surface area contributed by atoms with Gasteiger partial charge in [0, 0.05) is 6.42 Å². The van der Waals surface area contributed by atoms with Crippen LogP contribution in [0.25, 0.3) is 0 Å². The van der Waals surface area contributed by atoms with Crippen LogP contribution >= 0.6 is 11.6 Å². The van der Waals surface area contributed by atoms with Crippen LogP contribution in [-0.4, -0.2) is 11.7 Å². The van der Waals surface area contributed by atoms with Crippen molar-refractivity contribution in [2.45, 2.75) is 31.5 Å². The maximum atomic E-state index is 12.1. The molecule has 0 saturated heterocycles. The van der Waals surface area contributed by atoms with Crippen molar-refractivity contribution >= 4 is 11.6 Å². The summed E-state index contributed by atoms with van der Waals surface area (Å²) >= 11 is 4.96. The van der Waals surface area contributed by atoms with Gasteiger partial charge in [-0.05, 0) is 6.42 Å². The molecule has 0 aromatic carbocycles. The quantitative estimate of drug-likeness (QED) is 0.534. The molecule has 0 amide bonds. The Bertz CT molecular complexity index is 58.4. The molecule has 0 fully saturated rings. The van der Waals surface area contributed by atoms with Crippen LogP contribution < -0.4 is 0 Å². The van der Waals surface area contributed by atoms with Crippen molar-refractivity contribution < 1.29 is 9.50 Å². The number of hydrogen-bond donors (Lipinski definition) is 0. The van der Waals surface area contributed by atoms with Crippen LogP contribution in [0.5, 0.6) is 0 Å². The highest BCUT2D eigenvalue weighted by molar-refractivity contribution is 6.19. The molecule has 2 unspecified atom stereocenters. The van der Waals surface area contributed by atoms with Gasteiger partial charge >= 0.3 is 0 Å². The van der Waals surface area contributed by atoms with Gasteiger partial charge in [-0.3, -0.25) is 0 Å². The lowest BCUT2D eigenvalue weighted by Gasteiger charge is -2.01. The molecule has 3 heteroatoms. The summed E-state index contributed by atoms with van der Waals surface area (Å²) in [5, 5.41) is 10.0. The fraction of sp³-hybridized carbons (Fsp3) is 1.00. The summed E-state index contributed by atoms with van der Waals surface area (Å²) in [6.45, 7) is 1.68. The molecule has 0 aliphatic carbocycles. The van der Waals surface area contributed by atoms with Crippen LogP contribution in [0.3, 0.4) is 0 Å². The molecule has 0 aliphatic heterocycles. The van der Waals surface area contributed by atoms with Crippen molar-refractivity contribution in [1.29, 1.82) is 0 Å². The molecule has 0 bridgehead atoms. The van der Waals surface area contributed by atoms with E-state index in [0.29, 0.717) is 6.42 Å².